The molecule has 1 aromatic heterocycles. The molecule has 3 aromatic rings. The zero-order chi connectivity index (χ0) is 24.9. The Kier molecular flexibility index (Phi) is 7.86. The number of carbonyl (C=O) groups excluding carboxylic acids is 2. The van der Waals surface area contributed by atoms with Crippen molar-refractivity contribution in [1.82, 2.24) is 4.98 Å². The lowest BCUT2D eigenvalue weighted by molar-refractivity contribution is -0.137. The molecule has 1 saturated carbocycles. The van der Waals surface area contributed by atoms with E-state index in [4.69, 9.17) is 10.5 Å². The van der Waals surface area contributed by atoms with Gasteiger partial charge in [-0.1, -0.05) is 37.1 Å². The number of hydrogen-bond acceptors (Lipinski definition) is 4. The van der Waals surface area contributed by atoms with Gasteiger partial charge >= 0.3 is 6.18 Å². The van der Waals surface area contributed by atoms with Gasteiger partial charge in [-0.05, 0) is 38.0 Å². The number of aromatic nitrogens is 1. The van der Waals surface area contributed by atoms with Gasteiger partial charge in [-0.15, -0.1) is 0 Å². The molecule has 0 spiro atoms. The lowest BCUT2D eigenvalue weighted by Gasteiger charge is -2.14. The quantitative estimate of drug-likeness (QED) is 0.371. The summed E-state index contributed by atoms with van der Waals surface area (Å²) in [6, 6.07) is 9.69. The second-order valence-electron chi connectivity index (χ2n) is 8.05. The van der Waals surface area contributed by atoms with Gasteiger partial charge in [0.2, 0.25) is 5.91 Å². The fourth-order valence-corrected chi connectivity index (χ4v) is 3.76. The number of alkyl halides is 3. The van der Waals surface area contributed by atoms with E-state index in [1.807, 2.05) is 0 Å². The predicted molar refractivity (Wildman–Crippen MR) is 119 cm³/mol. The van der Waals surface area contributed by atoms with Crippen LogP contribution in [0.25, 0.3) is 10.8 Å². The molecule has 0 unspecified atom stereocenters. The highest BCUT2D eigenvalue weighted by molar-refractivity contribution is 6.04. The number of benzene rings is 2. The highest BCUT2D eigenvalue weighted by Gasteiger charge is 2.30. The fraction of sp³-hybridized carbons (Fsp3) is 0.320. The Balaban J connectivity index is 0.000000343. The van der Waals surface area contributed by atoms with Crippen LogP contribution >= 0.6 is 0 Å². The number of amides is 1. The van der Waals surface area contributed by atoms with Crippen LogP contribution in [0.1, 0.15) is 54.2 Å². The number of carbonyl (C=O) groups is 2. The molecule has 4 rings (SSSR count). The molecular formula is C25H24F4N2O3. The Morgan fingerprint density at radius 2 is 1.74 bits per heavy atom. The number of Topliss-reactive ketones (excluding diaryl/α,β-unsaturated/α-hetero) is 1. The molecule has 1 aliphatic carbocycles. The number of nitrogens with two attached hydrogens (primary N) is 1. The minimum Gasteiger partial charge on any atom is -0.486 e. The summed E-state index contributed by atoms with van der Waals surface area (Å²) >= 11 is 0. The summed E-state index contributed by atoms with van der Waals surface area (Å²) in [6.45, 7) is 1.13. The molecular weight excluding hydrogens is 452 g/mol. The first kappa shape index (κ1) is 25.1. The lowest BCUT2D eigenvalue weighted by atomic mass is 10.0. The molecule has 180 valence electrons. The Morgan fingerprint density at radius 1 is 1.09 bits per heavy atom. The minimum absolute atomic E-state index is 0.0631. The Hall–Kier alpha value is -3.49. The first-order chi connectivity index (χ1) is 16.1. The van der Waals surface area contributed by atoms with E-state index in [-0.39, 0.29) is 46.6 Å². The molecule has 1 heterocycles. The molecule has 0 aliphatic heterocycles. The smallest absolute Gasteiger partial charge is 0.417 e. The highest BCUT2D eigenvalue weighted by Crippen LogP contribution is 2.33. The van der Waals surface area contributed by atoms with E-state index in [1.165, 1.54) is 25.8 Å². The van der Waals surface area contributed by atoms with Crippen molar-refractivity contribution < 1.29 is 31.9 Å². The third kappa shape index (κ3) is 6.09. The van der Waals surface area contributed by atoms with E-state index in [0.29, 0.717) is 11.6 Å². The Morgan fingerprint density at radius 3 is 2.24 bits per heavy atom. The molecule has 2 aromatic carbocycles. The zero-order valence-corrected chi connectivity index (χ0v) is 18.5. The Bertz CT molecular complexity index is 1170. The topological polar surface area (TPSA) is 82.3 Å². The second-order valence-corrected chi connectivity index (χ2v) is 8.05. The van der Waals surface area contributed by atoms with Crippen molar-refractivity contribution in [3.05, 3.63) is 71.3 Å². The number of halogens is 4. The molecule has 0 radical (unpaired) electrons. The van der Waals surface area contributed by atoms with E-state index in [0.717, 1.165) is 25.0 Å². The van der Waals surface area contributed by atoms with E-state index >= 15 is 0 Å². The van der Waals surface area contributed by atoms with Gasteiger partial charge in [0.15, 0.2) is 5.78 Å². The number of pyridine rings is 1. The molecule has 1 aliphatic rings. The second kappa shape index (κ2) is 10.6. The van der Waals surface area contributed by atoms with Gasteiger partial charge in [-0.25, -0.2) is 4.39 Å². The number of hydrogen-bond donors (Lipinski definition) is 1. The molecule has 0 bridgehead atoms. The average Bonchev–Trinajstić information content (AvgIpc) is 3.34. The maximum absolute atomic E-state index is 14.2. The van der Waals surface area contributed by atoms with Crippen molar-refractivity contribution in [2.45, 2.75) is 45.4 Å². The third-order valence-corrected chi connectivity index (χ3v) is 5.60. The van der Waals surface area contributed by atoms with Crippen LogP contribution in [-0.2, 0) is 17.6 Å². The fourth-order valence-electron chi connectivity index (χ4n) is 3.76. The number of ether oxygens (including phenoxy) is 1. The van der Waals surface area contributed by atoms with Crippen LogP contribution in [0.5, 0.6) is 5.75 Å². The molecule has 34 heavy (non-hydrogen) atoms. The van der Waals surface area contributed by atoms with Crippen LogP contribution in [0.15, 0.2) is 48.7 Å². The van der Waals surface area contributed by atoms with Crippen LogP contribution in [0.2, 0.25) is 0 Å². The number of fused-ring (bicyclic) bond motifs is 1. The number of ketones is 1. The van der Waals surface area contributed by atoms with Crippen molar-refractivity contribution in [1.29, 1.82) is 0 Å². The van der Waals surface area contributed by atoms with E-state index in [9.17, 15) is 27.2 Å². The summed E-state index contributed by atoms with van der Waals surface area (Å²) in [7, 11) is 0. The molecule has 5 nitrogen and oxygen atoms in total. The van der Waals surface area contributed by atoms with Crippen molar-refractivity contribution in [3.8, 4) is 5.75 Å². The average molecular weight is 476 g/mol. The summed E-state index contributed by atoms with van der Waals surface area (Å²) in [4.78, 5) is 26.0. The number of primary amides is 1. The van der Waals surface area contributed by atoms with Gasteiger partial charge in [0.05, 0.1) is 16.8 Å². The zero-order valence-electron chi connectivity index (χ0n) is 18.5. The molecule has 2 N–H and O–H groups in total. The first-order valence-corrected chi connectivity index (χ1v) is 10.7. The predicted octanol–water partition coefficient (Wildman–Crippen LogP) is 5.84. The minimum atomic E-state index is -4.47. The number of rotatable bonds is 5. The standard InChI is InChI=1S/C19H13F4NO2.C6H11NO/c1-11(25)16-8-17(20)14-4-2-3-5-15(14)18(16)26-10-13-7-6-12(9-24-13)19(21,22)23;7-6(8)5-3-1-2-4-5/h2-9H,10H2,1H3;5H,1-4H2,(H2,7,8). The summed E-state index contributed by atoms with van der Waals surface area (Å²) in [6.07, 6.45) is 0.667. The number of nitrogens with zero attached hydrogens (tertiary/aromatic N) is 1. The van der Waals surface area contributed by atoms with Crippen molar-refractivity contribution in [2.24, 2.45) is 11.7 Å². The molecule has 9 heteroatoms. The third-order valence-electron chi connectivity index (χ3n) is 5.60. The first-order valence-electron chi connectivity index (χ1n) is 10.7. The monoisotopic (exact) mass is 476 g/mol. The largest absolute Gasteiger partial charge is 0.486 e. The maximum atomic E-state index is 14.2. The van der Waals surface area contributed by atoms with Crippen molar-refractivity contribution in [2.75, 3.05) is 0 Å². The van der Waals surface area contributed by atoms with Gasteiger partial charge in [-0.2, -0.15) is 13.2 Å². The molecule has 1 amide bonds. The van der Waals surface area contributed by atoms with Crippen LogP contribution < -0.4 is 10.5 Å². The SMILES string of the molecule is CC(=O)c1cc(F)c2ccccc2c1OCc1ccc(C(F)(F)F)cn1.NC(=O)C1CCCC1. The van der Waals surface area contributed by atoms with Gasteiger partial charge in [0, 0.05) is 22.9 Å². The van der Waals surface area contributed by atoms with Gasteiger partial charge in [0.1, 0.15) is 18.2 Å². The molecule has 0 saturated heterocycles. The van der Waals surface area contributed by atoms with E-state index in [1.54, 1.807) is 24.3 Å². The van der Waals surface area contributed by atoms with E-state index in [2.05, 4.69) is 4.98 Å². The van der Waals surface area contributed by atoms with Crippen molar-refractivity contribution in [3.63, 3.8) is 0 Å². The van der Waals surface area contributed by atoms with Crippen LogP contribution in [-0.4, -0.2) is 16.7 Å². The molecule has 0 atom stereocenters. The van der Waals surface area contributed by atoms with Crippen LogP contribution in [0.4, 0.5) is 17.6 Å². The van der Waals surface area contributed by atoms with Gasteiger partial charge in [0.25, 0.3) is 0 Å². The highest BCUT2D eigenvalue weighted by atomic mass is 19.4. The molecule has 1 fully saturated rings. The summed E-state index contributed by atoms with van der Waals surface area (Å²) in [5.74, 6) is -0.662. The summed E-state index contributed by atoms with van der Waals surface area (Å²) in [5.41, 5.74) is 4.51. The van der Waals surface area contributed by atoms with E-state index < -0.39 is 17.6 Å². The van der Waals surface area contributed by atoms with Crippen LogP contribution in [0, 0.1) is 11.7 Å². The normalized spacial score (nSPS) is 13.9. The van der Waals surface area contributed by atoms with Gasteiger partial charge < -0.3 is 10.5 Å². The lowest BCUT2D eigenvalue weighted by Crippen LogP contribution is -2.19. The maximum Gasteiger partial charge on any atom is 0.417 e. The van der Waals surface area contributed by atoms with Crippen molar-refractivity contribution >= 4 is 22.5 Å². The Labute approximate surface area is 193 Å². The van der Waals surface area contributed by atoms with Gasteiger partial charge in [-0.3, -0.25) is 14.6 Å². The van der Waals surface area contributed by atoms with Crippen LogP contribution in [0.3, 0.4) is 0 Å². The summed E-state index contributed by atoms with van der Waals surface area (Å²) < 4.78 is 57.6. The summed E-state index contributed by atoms with van der Waals surface area (Å²) in [5, 5.41) is 0.692.